The minimum Gasteiger partial charge on any atom is -0.0654 e. The van der Waals surface area contributed by atoms with Crippen LogP contribution in [0.4, 0.5) is 0 Å². The first kappa shape index (κ1) is 12.4. The van der Waals surface area contributed by atoms with E-state index in [9.17, 15) is 0 Å². The van der Waals surface area contributed by atoms with Crippen LogP contribution in [0.2, 0.25) is 0 Å². The molecule has 2 radical (unpaired) electrons. The second-order valence-electron chi connectivity index (χ2n) is 2.27. The molecular weight excluding hydrogens is 204 g/mol. The van der Waals surface area contributed by atoms with Crippen LogP contribution in [0.1, 0.15) is 45.4 Å². The van der Waals surface area contributed by atoms with Gasteiger partial charge in [0.05, 0.1) is 0 Å². The van der Waals surface area contributed by atoms with Gasteiger partial charge in [0.15, 0.2) is 0 Å². The molecule has 0 unspecified atom stereocenters. The molecule has 0 aliphatic rings. The predicted molar refractivity (Wildman–Crippen MR) is 38.7 cm³/mol. The zero-order valence-electron chi connectivity index (χ0n) is 6.25. The summed E-state index contributed by atoms with van der Waals surface area (Å²) in [6.45, 7) is 6.02. The third kappa shape index (κ3) is 12.1. The molecule has 0 aliphatic carbocycles. The fourth-order valence-corrected chi connectivity index (χ4v) is 0.780. The Balaban J connectivity index is 0. The van der Waals surface area contributed by atoms with E-state index >= 15 is 0 Å². The average Bonchev–Trinajstić information content (AvgIpc) is 1.81. The second-order valence-corrected chi connectivity index (χ2v) is 2.27. The average molecular weight is 221 g/mol. The Morgan fingerprint density at radius 2 is 1.56 bits per heavy atom. The molecule has 0 aliphatic heterocycles. The Morgan fingerprint density at radius 3 is 2.00 bits per heavy atom. The van der Waals surface area contributed by atoms with E-state index in [2.05, 4.69) is 13.8 Å². The summed E-state index contributed by atoms with van der Waals surface area (Å²) in [6, 6.07) is 0. The molecule has 0 spiro atoms. The first-order valence-electron chi connectivity index (χ1n) is 3.71. The van der Waals surface area contributed by atoms with E-state index in [1.54, 1.807) is 0 Å². The van der Waals surface area contributed by atoms with Crippen LogP contribution in [0, 0.1) is 6.92 Å². The van der Waals surface area contributed by atoms with E-state index in [0.29, 0.717) is 0 Å². The van der Waals surface area contributed by atoms with Gasteiger partial charge in [0.1, 0.15) is 0 Å². The number of hydrogen-bond donors (Lipinski definition) is 0. The predicted octanol–water partition coefficient (Wildman–Crippen LogP) is 3.18. The molecular formula is C8H17Ag. The van der Waals surface area contributed by atoms with Crippen molar-refractivity contribution < 1.29 is 22.4 Å². The standard InChI is InChI=1S/C8H17.Ag/c1-3-5-7-8-6-4-2;/h1,3-8H2,2H3;. The summed E-state index contributed by atoms with van der Waals surface area (Å²) in [5.41, 5.74) is 0. The maximum Gasteiger partial charge on any atom is 0 e. The first-order valence-corrected chi connectivity index (χ1v) is 3.71. The fraction of sp³-hybridized carbons (Fsp3) is 0.875. The minimum absolute atomic E-state index is 0. The summed E-state index contributed by atoms with van der Waals surface area (Å²) in [6.07, 6.45) is 7.98. The second kappa shape index (κ2) is 11.5. The molecule has 0 bridgehead atoms. The Hall–Kier alpha value is 0.740. The smallest absolute Gasteiger partial charge is 0 e. The molecule has 0 saturated heterocycles. The summed E-state index contributed by atoms with van der Waals surface area (Å²) in [4.78, 5) is 0. The van der Waals surface area contributed by atoms with Crippen LogP contribution in [-0.2, 0) is 22.4 Å². The third-order valence-electron chi connectivity index (χ3n) is 1.35. The fourth-order valence-electron chi connectivity index (χ4n) is 0.780. The molecule has 0 saturated carbocycles. The maximum absolute atomic E-state index is 3.78. The van der Waals surface area contributed by atoms with Gasteiger partial charge in [-0.05, 0) is 0 Å². The monoisotopic (exact) mass is 220 g/mol. The summed E-state index contributed by atoms with van der Waals surface area (Å²) < 4.78 is 0. The van der Waals surface area contributed by atoms with Crippen molar-refractivity contribution in [2.24, 2.45) is 0 Å². The van der Waals surface area contributed by atoms with E-state index in [4.69, 9.17) is 0 Å². The molecule has 60 valence electrons. The van der Waals surface area contributed by atoms with Crippen molar-refractivity contribution in [1.82, 2.24) is 0 Å². The SMILES string of the molecule is [Ag].[CH2]CCCCCCC. The molecule has 1 heteroatoms. The molecule has 0 atom stereocenters. The molecule has 9 heavy (non-hydrogen) atoms. The van der Waals surface area contributed by atoms with Crippen molar-refractivity contribution in [2.75, 3.05) is 0 Å². The normalized spacial score (nSPS) is 8.67. The van der Waals surface area contributed by atoms with E-state index in [1.165, 1.54) is 32.1 Å². The molecule has 0 aromatic heterocycles. The van der Waals surface area contributed by atoms with Crippen LogP contribution in [0.25, 0.3) is 0 Å². The Labute approximate surface area is 74.9 Å². The molecule has 0 aromatic carbocycles. The maximum atomic E-state index is 3.78. The van der Waals surface area contributed by atoms with Gasteiger partial charge in [-0.25, -0.2) is 0 Å². The van der Waals surface area contributed by atoms with Gasteiger partial charge < -0.3 is 0 Å². The van der Waals surface area contributed by atoms with Crippen LogP contribution < -0.4 is 0 Å². The van der Waals surface area contributed by atoms with E-state index in [1.807, 2.05) is 0 Å². The van der Waals surface area contributed by atoms with Gasteiger partial charge in [-0.3, -0.25) is 0 Å². The Morgan fingerprint density at radius 1 is 1.00 bits per heavy atom. The van der Waals surface area contributed by atoms with Crippen molar-refractivity contribution in [3.8, 4) is 0 Å². The number of unbranched alkanes of at least 4 members (excludes halogenated alkanes) is 5. The van der Waals surface area contributed by atoms with Crippen molar-refractivity contribution in [2.45, 2.75) is 45.4 Å². The van der Waals surface area contributed by atoms with Crippen LogP contribution in [0.15, 0.2) is 0 Å². The van der Waals surface area contributed by atoms with Crippen molar-refractivity contribution in [3.63, 3.8) is 0 Å². The van der Waals surface area contributed by atoms with Crippen molar-refractivity contribution in [1.29, 1.82) is 0 Å². The largest absolute Gasteiger partial charge is 0.0654 e. The van der Waals surface area contributed by atoms with Gasteiger partial charge in [-0.1, -0.05) is 52.4 Å². The van der Waals surface area contributed by atoms with Crippen molar-refractivity contribution >= 4 is 0 Å². The molecule has 0 heterocycles. The van der Waals surface area contributed by atoms with Crippen molar-refractivity contribution in [3.05, 3.63) is 6.92 Å². The summed E-state index contributed by atoms with van der Waals surface area (Å²) >= 11 is 0. The molecule has 0 amide bonds. The van der Waals surface area contributed by atoms with E-state index in [0.717, 1.165) is 6.42 Å². The summed E-state index contributed by atoms with van der Waals surface area (Å²) in [5, 5.41) is 0. The molecule has 0 nitrogen and oxygen atoms in total. The number of rotatable bonds is 5. The molecule has 0 aromatic rings. The molecule has 0 N–H and O–H groups in total. The quantitative estimate of drug-likeness (QED) is 0.494. The van der Waals surface area contributed by atoms with Gasteiger partial charge in [0, 0.05) is 22.4 Å². The summed E-state index contributed by atoms with van der Waals surface area (Å²) in [7, 11) is 0. The van der Waals surface area contributed by atoms with Gasteiger partial charge in [-0.2, -0.15) is 0 Å². The van der Waals surface area contributed by atoms with Crippen LogP contribution in [-0.4, -0.2) is 0 Å². The Bertz CT molecular complexity index is 29.5. The Kier molecular flexibility index (Phi) is 15.9. The third-order valence-corrected chi connectivity index (χ3v) is 1.35. The van der Waals surface area contributed by atoms with Gasteiger partial charge >= 0.3 is 0 Å². The van der Waals surface area contributed by atoms with E-state index in [-0.39, 0.29) is 22.4 Å². The zero-order chi connectivity index (χ0) is 6.24. The van der Waals surface area contributed by atoms with Crippen LogP contribution in [0.3, 0.4) is 0 Å². The topological polar surface area (TPSA) is 0 Å². The zero-order valence-corrected chi connectivity index (χ0v) is 7.73. The van der Waals surface area contributed by atoms with Crippen LogP contribution >= 0.6 is 0 Å². The minimum atomic E-state index is 0. The van der Waals surface area contributed by atoms with Crippen LogP contribution in [0.5, 0.6) is 0 Å². The molecule has 0 rings (SSSR count). The van der Waals surface area contributed by atoms with Gasteiger partial charge in [0.2, 0.25) is 0 Å². The number of hydrogen-bond acceptors (Lipinski definition) is 0. The first-order chi connectivity index (χ1) is 3.91. The van der Waals surface area contributed by atoms with Gasteiger partial charge in [0.25, 0.3) is 0 Å². The van der Waals surface area contributed by atoms with E-state index < -0.39 is 0 Å². The molecule has 0 fully saturated rings. The van der Waals surface area contributed by atoms with Gasteiger partial charge in [-0.15, -0.1) is 0 Å². The summed E-state index contributed by atoms with van der Waals surface area (Å²) in [5.74, 6) is 0.